The number of aliphatic hydroxyl groups is 1. The molecule has 0 aliphatic rings. The molecule has 2 rings (SSSR count). The van der Waals surface area contributed by atoms with Crippen LogP contribution in [0.2, 0.25) is 10.0 Å². The first kappa shape index (κ1) is 14.2. The molecule has 19 heavy (non-hydrogen) atoms. The van der Waals surface area contributed by atoms with Gasteiger partial charge in [-0.2, -0.15) is 0 Å². The highest BCUT2D eigenvalue weighted by atomic mass is 35.5. The van der Waals surface area contributed by atoms with E-state index >= 15 is 0 Å². The van der Waals surface area contributed by atoms with Gasteiger partial charge in [0.2, 0.25) is 0 Å². The molecule has 0 amide bonds. The third-order valence-corrected chi connectivity index (χ3v) is 3.47. The Balaban J connectivity index is 2.53. The Labute approximate surface area is 117 Å². The van der Waals surface area contributed by atoms with E-state index in [1.54, 1.807) is 0 Å². The van der Waals surface area contributed by atoms with Crippen LogP contribution in [0.5, 0.6) is 0 Å². The molecule has 0 saturated heterocycles. The summed E-state index contributed by atoms with van der Waals surface area (Å²) in [7, 11) is 0. The van der Waals surface area contributed by atoms with Gasteiger partial charge < -0.3 is 5.11 Å². The summed E-state index contributed by atoms with van der Waals surface area (Å²) in [6.07, 6.45) is -1.54. The molecule has 0 spiro atoms. The van der Waals surface area contributed by atoms with Gasteiger partial charge in [-0.05, 0) is 12.1 Å². The van der Waals surface area contributed by atoms with Crippen LogP contribution < -0.4 is 0 Å². The SMILES string of the molecule is OC(c1ccc(F)c(F)c1F)c1cccc(Cl)c1Cl. The summed E-state index contributed by atoms with van der Waals surface area (Å²) in [5, 5.41) is 10.2. The van der Waals surface area contributed by atoms with Crippen molar-refractivity contribution in [3.05, 3.63) is 69.0 Å². The zero-order valence-corrected chi connectivity index (χ0v) is 10.8. The minimum Gasteiger partial charge on any atom is -0.383 e. The smallest absolute Gasteiger partial charge is 0.194 e. The lowest BCUT2D eigenvalue weighted by atomic mass is 10.0. The molecule has 0 aliphatic heterocycles. The fraction of sp³-hybridized carbons (Fsp3) is 0.0769. The number of hydrogen-bond acceptors (Lipinski definition) is 1. The van der Waals surface area contributed by atoms with Crippen LogP contribution in [-0.2, 0) is 0 Å². The predicted molar refractivity (Wildman–Crippen MR) is 66.8 cm³/mol. The van der Waals surface area contributed by atoms with Crippen LogP contribution in [0.15, 0.2) is 30.3 Å². The van der Waals surface area contributed by atoms with E-state index in [1.807, 2.05) is 0 Å². The third kappa shape index (κ3) is 2.56. The van der Waals surface area contributed by atoms with Gasteiger partial charge in [0.1, 0.15) is 6.10 Å². The normalized spacial score (nSPS) is 12.5. The first-order valence-electron chi connectivity index (χ1n) is 5.19. The third-order valence-electron chi connectivity index (χ3n) is 2.64. The highest BCUT2D eigenvalue weighted by molar-refractivity contribution is 6.42. The molecule has 0 bridgehead atoms. The number of rotatable bonds is 2. The van der Waals surface area contributed by atoms with Crippen molar-refractivity contribution < 1.29 is 18.3 Å². The fourth-order valence-electron chi connectivity index (χ4n) is 1.65. The molecule has 0 aliphatic carbocycles. The van der Waals surface area contributed by atoms with Crippen molar-refractivity contribution in [2.24, 2.45) is 0 Å². The van der Waals surface area contributed by atoms with Crippen LogP contribution in [0.1, 0.15) is 17.2 Å². The molecule has 6 heteroatoms. The molecule has 1 N–H and O–H groups in total. The molecule has 100 valence electrons. The van der Waals surface area contributed by atoms with Crippen LogP contribution in [-0.4, -0.2) is 5.11 Å². The maximum Gasteiger partial charge on any atom is 0.194 e. The molecule has 2 aromatic rings. The van der Waals surface area contributed by atoms with Crippen molar-refractivity contribution in [3.8, 4) is 0 Å². The molecular weight excluding hydrogens is 300 g/mol. The van der Waals surface area contributed by atoms with Crippen molar-refractivity contribution in [2.45, 2.75) is 6.10 Å². The Morgan fingerprint density at radius 1 is 0.895 bits per heavy atom. The lowest BCUT2D eigenvalue weighted by Gasteiger charge is -2.15. The van der Waals surface area contributed by atoms with Gasteiger partial charge >= 0.3 is 0 Å². The van der Waals surface area contributed by atoms with E-state index in [4.69, 9.17) is 23.2 Å². The van der Waals surface area contributed by atoms with Gasteiger partial charge in [0.25, 0.3) is 0 Å². The van der Waals surface area contributed by atoms with E-state index in [2.05, 4.69) is 0 Å². The Hall–Kier alpha value is -1.23. The first-order chi connectivity index (χ1) is 8.93. The number of benzene rings is 2. The average Bonchev–Trinajstić information content (AvgIpc) is 2.39. The molecular formula is C13H7Cl2F3O. The van der Waals surface area contributed by atoms with Crippen LogP contribution >= 0.6 is 23.2 Å². The highest BCUT2D eigenvalue weighted by Crippen LogP contribution is 2.34. The summed E-state index contributed by atoms with van der Waals surface area (Å²) in [6.45, 7) is 0. The number of hydrogen-bond donors (Lipinski definition) is 1. The Kier molecular flexibility index (Phi) is 4.04. The summed E-state index contributed by atoms with van der Waals surface area (Å²) in [5.74, 6) is -4.43. The summed E-state index contributed by atoms with van der Waals surface area (Å²) in [5.41, 5.74) is -0.304. The second-order valence-corrected chi connectivity index (χ2v) is 4.60. The largest absolute Gasteiger partial charge is 0.383 e. The summed E-state index contributed by atoms with van der Waals surface area (Å²) >= 11 is 11.6. The van der Waals surface area contributed by atoms with Crippen LogP contribution in [0.4, 0.5) is 13.2 Å². The van der Waals surface area contributed by atoms with Crippen molar-refractivity contribution in [1.29, 1.82) is 0 Å². The fourth-order valence-corrected chi connectivity index (χ4v) is 2.06. The van der Waals surface area contributed by atoms with Gasteiger partial charge in [0.05, 0.1) is 10.0 Å². The van der Waals surface area contributed by atoms with E-state index in [9.17, 15) is 18.3 Å². The molecule has 2 aromatic carbocycles. The quantitative estimate of drug-likeness (QED) is 0.810. The van der Waals surface area contributed by atoms with Gasteiger partial charge in [0.15, 0.2) is 17.5 Å². The van der Waals surface area contributed by atoms with Crippen molar-refractivity contribution >= 4 is 23.2 Å². The molecule has 0 aromatic heterocycles. The van der Waals surface area contributed by atoms with Crippen molar-refractivity contribution in [2.75, 3.05) is 0 Å². The van der Waals surface area contributed by atoms with Gasteiger partial charge in [-0.15, -0.1) is 0 Å². The Morgan fingerprint density at radius 3 is 2.26 bits per heavy atom. The summed E-state index contributed by atoms with van der Waals surface area (Å²) < 4.78 is 39.5. The second-order valence-electron chi connectivity index (χ2n) is 3.81. The zero-order valence-electron chi connectivity index (χ0n) is 9.30. The van der Waals surface area contributed by atoms with E-state index in [-0.39, 0.29) is 15.6 Å². The molecule has 0 heterocycles. The summed E-state index contributed by atoms with van der Waals surface area (Å²) in [6, 6.07) is 6.09. The number of halogens is 5. The maximum absolute atomic E-state index is 13.6. The lowest BCUT2D eigenvalue weighted by Crippen LogP contribution is -2.06. The Morgan fingerprint density at radius 2 is 1.58 bits per heavy atom. The minimum absolute atomic E-state index is 0.0285. The van der Waals surface area contributed by atoms with Gasteiger partial charge in [-0.3, -0.25) is 0 Å². The summed E-state index contributed by atoms with van der Waals surface area (Å²) in [4.78, 5) is 0. The van der Waals surface area contributed by atoms with Crippen LogP contribution in [0.25, 0.3) is 0 Å². The van der Waals surface area contributed by atoms with E-state index < -0.39 is 29.1 Å². The predicted octanol–water partition coefficient (Wildman–Crippen LogP) is 4.49. The van der Waals surface area contributed by atoms with E-state index in [0.29, 0.717) is 0 Å². The average molecular weight is 307 g/mol. The van der Waals surface area contributed by atoms with E-state index in [1.165, 1.54) is 18.2 Å². The molecule has 1 unspecified atom stereocenters. The number of aliphatic hydroxyl groups excluding tert-OH is 1. The monoisotopic (exact) mass is 306 g/mol. The highest BCUT2D eigenvalue weighted by Gasteiger charge is 2.22. The van der Waals surface area contributed by atoms with Gasteiger partial charge in [-0.1, -0.05) is 41.4 Å². The lowest BCUT2D eigenvalue weighted by molar-refractivity contribution is 0.212. The van der Waals surface area contributed by atoms with E-state index in [0.717, 1.165) is 12.1 Å². The van der Waals surface area contributed by atoms with Crippen molar-refractivity contribution in [1.82, 2.24) is 0 Å². The topological polar surface area (TPSA) is 20.2 Å². The molecule has 0 radical (unpaired) electrons. The van der Waals surface area contributed by atoms with Crippen LogP contribution in [0, 0.1) is 17.5 Å². The standard InChI is InChI=1S/C13H7Cl2F3O/c14-8-3-1-2-6(10(8)15)13(19)7-4-5-9(16)12(18)11(7)17/h1-5,13,19H. The van der Waals surface area contributed by atoms with Crippen LogP contribution in [0.3, 0.4) is 0 Å². The molecule has 1 nitrogen and oxygen atoms in total. The first-order valence-corrected chi connectivity index (χ1v) is 5.94. The molecule has 0 saturated carbocycles. The van der Waals surface area contributed by atoms with Crippen molar-refractivity contribution in [3.63, 3.8) is 0 Å². The second kappa shape index (κ2) is 5.41. The zero-order chi connectivity index (χ0) is 14.2. The molecule has 1 atom stereocenters. The van der Waals surface area contributed by atoms with Gasteiger partial charge in [-0.25, -0.2) is 13.2 Å². The Bertz CT molecular complexity index is 632. The minimum atomic E-state index is -1.64. The van der Waals surface area contributed by atoms with Gasteiger partial charge in [0, 0.05) is 11.1 Å². The maximum atomic E-state index is 13.6. The molecule has 0 fully saturated rings.